The summed E-state index contributed by atoms with van der Waals surface area (Å²) in [6.07, 6.45) is -3.09. The number of ether oxygens (including phenoxy) is 1. The molecule has 13 heteroatoms. The molecule has 190 valence electrons. The van der Waals surface area contributed by atoms with E-state index < -0.39 is 60.9 Å². The summed E-state index contributed by atoms with van der Waals surface area (Å²) in [7, 11) is 3.28. The molecular formula is C20H40B2O9P2. The van der Waals surface area contributed by atoms with Crippen LogP contribution in [0.5, 0.6) is 0 Å². The van der Waals surface area contributed by atoms with E-state index in [2.05, 4.69) is 0 Å². The van der Waals surface area contributed by atoms with E-state index in [1.54, 1.807) is 41.5 Å². The van der Waals surface area contributed by atoms with E-state index in [1.807, 2.05) is 0 Å². The maximum Gasteiger partial charge on any atom is 0.359 e. The van der Waals surface area contributed by atoms with Crippen LogP contribution in [0.1, 0.15) is 81.1 Å². The Morgan fingerprint density at radius 3 is 1.82 bits per heavy atom. The van der Waals surface area contributed by atoms with Crippen molar-refractivity contribution in [1.82, 2.24) is 0 Å². The van der Waals surface area contributed by atoms with Crippen molar-refractivity contribution >= 4 is 30.3 Å². The Morgan fingerprint density at radius 1 is 0.939 bits per heavy atom. The Hall–Kier alpha value is 0.310. The van der Waals surface area contributed by atoms with Gasteiger partial charge in [0.25, 0.3) is 0 Å². The molecule has 0 aromatic carbocycles. The third-order valence-corrected chi connectivity index (χ3v) is 12.4. The van der Waals surface area contributed by atoms with Crippen LogP contribution in [0.2, 0.25) is 0 Å². The molecule has 1 fully saturated rings. The first-order chi connectivity index (χ1) is 14.7. The zero-order valence-electron chi connectivity index (χ0n) is 21.0. The van der Waals surface area contributed by atoms with Gasteiger partial charge in [-0.2, -0.15) is 0 Å². The minimum atomic E-state index is -4.58. The number of hydrogen-bond donors (Lipinski definition) is 4. The summed E-state index contributed by atoms with van der Waals surface area (Å²) in [5, 5.41) is 27.0. The van der Waals surface area contributed by atoms with Crippen LogP contribution >= 0.6 is 14.8 Å². The second-order valence-corrected chi connectivity index (χ2v) is 14.7. The molecule has 9 atom stereocenters. The molecule has 9 nitrogen and oxygen atoms in total. The van der Waals surface area contributed by atoms with Gasteiger partial charge in [-0.05, 0) is 53.9 Å². The highest BCUT2D eigenvalue weighted by Gasteiger charge is 2.59. The van der Waals surface area contributed by atoms with Crippen LogP contribution in [0.15, 0.2) is 0 Å². The molecule has 0 saturated carbocycles. The van der Waals surface area contributed by atoms with Crippen LogP contribution < -0.4 is 0 Å². The van der Waals surface area contributed by atoms with Gasteiger partial charge in [0.05, 0.1) is 28.6 Å². The number of hydrogen-bond acceptors (Lipinski definition) is 8. The van der Waals surface area contributed by atoms with Crippen LogP contribution in [0.4, 0.5) is 0 Å². The lowest BCUT2D eigenvalue weighted by Crippen LogP contribution is -2.52. The molecule has 1 saturated heterocycles. The number of rotatable bonds is 12. The van der Waals surface area contributed by atoms with Gasteiger partial charge in [-0.15, -0.1) is 0 Å². The van der Waals surface area contributed by atoms with Crippen molar-refractivity contribution in [1.29, 1.82) is 0 Å². The quantitative estimate of drug-likeness (QED) is 0.231. The third kappa shape index (κ3) is 6.18. The van der Waals surface area contributed by atoms with Crippen LogP contribution in [0.3, 0.4) is 0 Å². The molecule has 0 bridgehead atoms. The van der Waals surface area contributed by atoms with Crippen LogP contribution in [0, 0.1) is 0 Å². The molecule has 1 aliphatic rings. The number of aliphatic hydroxyl groups excluding tert-OH is 2. The standard InChI is InChI=1S/C20H40B2O9P2/c1-9-18(6,31-33(27,28)20(8,25)11-3)19(7,10-2)32(22,26)30-17(4,5)12-13-14(23)15(24)16(21)29-13/h13-16,23-25H,9-12H2,1-8H3,(H,27,28)/t13-,14-,15-,16-,18?,19?,20?,32?/m1/s1. The highest BCUT2D eigenvalue weighted by atomic mass is 31.2. The van der Waals surface area contributed by atoms with Crippen molar-refractivity contribution in [2.75, 3.05) is 0 Å². The summed E-state index contributed by atoms with van der Waals surface area (Å²) in [6, 6.07) is -1.06. The van der Waals surface area contributed by atoms with E-state index in [0.29, 0.717) is 0 Å². The van der Waals surface area contributed by atoms with Gasteiger partial charge < -0.3 is 34.0 Å². The lowest BCUT2D eigenvalue weighted by atomic mass is 9.85. The van der Waals surface area contributed by atoms with Crippen molar-refractivity contribution in [2.24, 2.45) is 0 Å². The van der Waals surface area contributed by atoms with Gasteiger partial charge >= 0.3 is 7.60 Å². The van der Waals surface area contributed by atoms with Crippen molar-refractivity contribution < 1.29 is 43.1 Å². The molecule has 1 heterocycles. The van der Waals surface area contributed by atoms with Gasteiger partial charge in [-0.1, -0.05) is 20.8 Å². The van der Waals surface area contributed by atoms with Gasteiger partial charge in [-0.3, -0.25) is 9.09 Å². The van der Waals surface area contributed by atoms with Crippen LogP contribution in [0.25, 0.3) is 0 Å². The maximum atomic E-state index is 13.9. The average Bonchev–Trinajstić information content (AvgIpc) is 2.91. The Balaban J connectivity index is 3.28. The monoisotopic (exact) mass is 508 g/mol. The molecule has 33 heavy (non-hydrogen) atoms. The molecule has 1 aliphatic heterocycles. The minimum Gasteiger partial charge on any atom is -0.388 e. The molecule has 5 unspecified atom stereocenters. The molecular weight excluding hydrogens is 468 g/mol. The predicted molar refractivity (Wildman–Crippen MR) is 129 cm³/mol. The van der Waals surface area contributed by atoms with Gasteiger partial charge in [-0.25, -0.2) is 0 Å². The first-order valence-electron chi connectivity index (χ1n) is 11.3. The fourth-order valence-electron chi connectivity index (χ4n) is 3.97. The summed E-state index contributed by atoms with van der Waals surface area (Å²) in [6.45, 7) is 12.5. The third-order valence-electron chi connectivity index (χ3n) is 7.27. The summed E-state index contributed by atoms with van der Waals surface area (Å²) >= 11 is 0. The topological polar surface area (TPSA) is 143 Å². The zero-order chi connectivity index (χ0) is 26.3. The van der Waals surface area contributed by atoms with Crippen molar-refractivity contribution in [3.05, 3.63) is 0 Å². The second kappa shape index (κ2) is 10.4. The highest BCUT2D eigenvalue weighted by Crippen LogP contribution is 2.69. The Morgan fingerprint density at radius 2 is 1.45 bits per heavy atom. The first kappa shape index (κ1) is 31.3. The van der Waals surface area contributed by atoms with E-state index in [1.165, 1.54) is 13.8 Å². The molecule has 0 spiro atoms. The molecule has 4 radical (unpaired) electrons. The summed E-state index contributed by atoms with van der Waals surface area (Å²) in [5.74, 6) is 0. The van der Waals surface area contributed by atoms with E-state index in [0.717, 1.165) is 0 Å². The van der Waals surface area contributed by atoms with Gasteiger partial charge in [0.15, 0.2) is 12.6 Å². The normalized spacial score (nSPS) is 33.3. The molecule has 0 aliphatic carbocycles. The smallest absolute Gasteiger partial charge is 0.359 e. The molecule has 0 aromatic heterocycles. The molecule has 0 amide bonds. The van der Waals surface area contributed by atoms with Crippen LogP contribution in [-0.2, 0) is 22.9 Å². The predicted octanol–water partition coefficient (Wildman–Crippen LogP) is 2.81. The highest BCUT2D eigenvalue weighted by molar-refractivity contribution is 7.84. The SMILES string of the molecule is [B][C@@H]1O[C@H](CC(C)(C)OP([B])(=O)C(C)(CC)C(C)(CC)OP(=O)(O)C(C)(O)CC)[C@@H](O)[C@H]1O. The summed E-state index contributed by atoms with van der Waals surface area (Å²) < 4.78 is 43.9. The average molecular weight is 508 g/mol. The lowest BCUT2D eigenvalue weighted by Gasteiger charge is -2.51. The largest absolute Gasteiger partial charge is 0.388 e. The van der Waals surface area contributed by atoms with Crippen molar-refractivity contribution in [3.63, 3.8) is 0 Å². The van der Waals surface area contributed by atoms with Crippen molar-refractivity contribution in [2.45, 2.75) is 127 Å². The van der Waals surface area contributed by atoms with E-state index >= 15 is 0 Å². The summed E-state index contributed by atoms with van der Waals surface area (Å²) in [5.41, 5.74) is -2.70. The lowest BCUT2D eigenvalue weighted by molar-refractivity contribution is -0.0314. The van der Waals surface area contributed by atoms with Gasteiger partial charge in [0.1, 0.15) is 14.0 Å². The molecule has 4 N–H and O–H groups in total. The van der Waals surface area contributed by atoms with Gasteiger partial charge in [0.2, 0.25) is 7.57 Å². The molecule has 0 aromatic rings. The summed E-state index contributed by atoms with van der Waals surface area (Å²) in [4.78, 5) is 10.6. The van der Waals surface area contributed by atoms with Crippen molar-refractivity contribution in [3.8, 4) is 0 Å². The minimum absolute atomic E-state index is 0.0205. The Bertz CT molecular complexity index is 781. The fraction of sp³-hybridized carbons (Fsp3) is 1.00. The van der Waals surface area contributed by atoms with E-state index in [4.69, 9.17) is 29.2 Å². The Labute approximate surface area is 200 Å². The zero-order valence-corrected chi connectivity index (χ0v) is 22.8. The number of aliphatic hydroxyl groups is 3. The second-order valence-electron chi connectivity index (χ2n) is 10.2. The van der Waals surface area contributed by atoms with E-state index in [-0.39, 0.29) is 25.7 Å². The maximum absolute atomic E-state index is 13.9. The fourth-order valence-corrected chi connectivity index (χ4v) is 7.83. The first-order valence-corrected chi connectivity index (χ1v) is 14.6. The molecule has 1 rings (SSSR count). The van der Waals surface area contributed by atoms with Gasteiger partial charge in [0, 0.05) is 12.4 Å². The Kier molecular flexibility index (Phi) is 9.83. The van der Waals surface area contributed by atoms with E-state index in [9.17, 15) is 29.3 Å². The van der Waals surface area contributed by atoms with Crippen LogP contribution in [-0.4, -0.2) is 81.6 Å².